The van der Waals surface area contributed by atoms with Crippen molar-refractivity contribution in [3.8, 4) is 0 Å². The van der Waals surface area contributed by atoms with E-state index in [-0.39, 0.29) is 16.5 Å². The first-order valence-electron chi connectivity index (χ1n) is 7.95. The third-order valence-corrected chi connectivity index (χ3v) is 6.55. The molecule has 0 aliphatic rings. The Bertz CT molecular complexity index is 613. The number of hydrogen-bond acceptors (Lipinski definition) is 5. The van der Waals surface area contributed by atoms with E-state index in [1.54, 1.807) is 17.5 Å². The van der Waals surface area contributed by atoms with E-state index in [0.717, 1.165) is 30.7 Å². The molecule has 0 fully saturated rings. The van der Waals surface area contributed by atoms with E-state index in [2.05, 4.69) is 16.9 Å². The van der Waals surface area contributed by atoms with Gasteiger partial charge in [-0.1, -0.05) is 12.1 Å². The summed E-state index contributed by atoms with van der Waals surface area (Å²) in [4.78, 5) is 6.32. The van der Waals surface area contributed by atoms with E-state index in [1.807, 2.05) is 24.9 Å². The number of aliphatic imine (C=N–C) groups is 1. The molecule has 136 valence electrons. The van der Waals surface area contributed by atoms with Crippen LogP contribution in [0.25, 0.3) is 0 Å². The lowest BCUT2D eigenvalue weighted by Crippen LogP contribution is -2.40. The first-order chi connectivity index (χ1) is 11.4. The average molecular weight is 374 g/mol. The van der Waals surface area contributed by atoms with Gasteiger partial charge in [-0.25, -0.2) is 8.42 Å². The highest BCUT2D eigenvalue weighted by Crippen LogP contribution is 2.18. The summed E-state index contributed by atoms with van der Waals surface area (Å²) in [5.41, 5.74) is 0. The van der Waals surface area contributed by atoms with Crippen molar-refractivity contribution in [1.82, 2.24) is 10.2 Å². The van der Waals surface area contributed by atoms with Gasteiger partial charge >= 0.3 is 0 Å². The Hall–Kier alpha value is -1.38. The summed E-state index contributed by atoms with van der Waals surface area (Å²) < 4.78 is 24.6. The Kier molecular flexibility index (Phi) is 9.02. The molecule has 24 heavy (non-hydrogen) atoms. The second kappa shape index (κ2) is 10.5. The fourth-order valence-electron chi connectivity index (χ4n) is 2.07. The van der Waals surface area contributed by atoms with E-state index in [1.165, 1.54) is 0 Å². The quantitative estimate of drug-likeness (QED) is 0.283. The number of nitrogens with zero attached hydrogens (tertiary/aromatic N) is 2. The number of thiophene rings is 1. The molecule has 0 saturated carbocycles. The molecule has 6 nitrogen and oxygen atoms in total. The van der Waals surface area contributed by atoms with Crippen LogP contribution >= 0.6 is 11.3 Å². The predicted octanol–water partition coefficient (Wildman–Crippen LogP) is 1.75. The molecule has 0 amide bonds. The first kappa shape index (κ1) is 20.7. The van der Waals surface area contributed by atoms with Crippen LogP contribution in [0.3, 0.4) is 0 Å². The fraction of sp³-hybridized carbons (Fsp3) is 0.562. The Balaban J connectivity index is 2.62. The molecule has 1 heterocycles. The average Bonchev–Trinajstić information content (AvgIpc) is 3.06. The Labute approximate surface area is 148 Å². The zero-order chi connectivity index (χ0) is 18.0. The van der Waals surface area contributed by atoms with Crippen LogP contribution < -0.4 is 5.32 Å². The van der Waals surface area contributed by atoms with Gasteiger partial charge in [0.15, 0.2) is 15.8 Å². The molecule has 0 bridgehead atoms. The number of allylic oxidation sites excluding steroid dienone is 1. The van der Waals surface area contributed by atoms with Crippen molar-refractivity contribution in [3.63, 3.8) is 0 Å². The second-order valence-electron chi connectivity index (χ2n) is 5.41. The number of aliphatic hydroxyl groups excluding tert-OH is 1. The van der Waals surface area contributed by atoms with E-state index < -0.39 is 15.9 Å². The summed E-state index contributed by atoms with van der Waals surface area (Å²) in [5.74, 6) is 0.338. The van der Waals surface area contributed by atoms with Crippen molar-refractivity contribution in [3.05, 3.63) is 30.2 Å². The molecular formula is C16H27N3O3S2. The van der Waals surface area contributed by atoms with Crippen LogP contribution in [0.2, 0.25) is 0 Å². The monoisotopic (exact) mass is 373 g/mol. The Morgan fingerprint density at radius 2 is 2.33 bits per heavy atom. The van der Waals surface area contributed by atoms with Gasteiger partial charge < -0.3 is 15.3 Å². The molecule has 0 aromatic carbocycles. The first-order valence-corrected chi connectivity index (χ1v) is 10.5. The minimum atomic E-state index is -3.46. The number of nitrogens with one attached hydrogen (secondary N) is 1. The van der Waals surface area contributed by atoms with Gasteiger partial charge in [0.25, 0.3) is 0 Å². The minimum absolute atomic E-state index is 0.0404. The zero-order valence-corrected chi connectivity index (χ0v) is 15.9. The molecular weight excluding hydrogens is 346 g/mol. The smallest absolute Gasteiger partial charge is 0.193 e. The number of unbranched alkanes of at least 4 members (excludes halogenated alkanes) is 1. The lowest BCUT2D eigenvalue weighted by Gasteiger charge is -2.22. The summed E-state index contributed by atoms with van der Waals surface area (Å²) in [6, 6.07) is 3.23. The maximum Gasteiger partial charge on any atom is 0.193 e. The lowest BCUT2D eigenvalue weighted by atomic mass is 10.3. The number of hydrogen-bond donors (Lipinski definition) is 2. The van der Waals surface area contributed by atoms with Crippen molar-refractivity contribution >= 4 is 27.1 Å². The van der Waals surface area contributed by atoms with Crippen LogP contribution in [0.4, 0.5) is 0 Å². The number of rotatable bonds is 10. The topological polar surface area (TPSA) is 82.0 Å². The molecule has 0 aliphatic carbocycles. The third-order valence-electron chi connectivity index (χ3n) is 3.26. The van der Waals surface area contributed by atoms with Gasteiger partial charge in [0.1, 0.15) is 4.21 Å². The predicted molar refractivity (Wildman–Crippen MR) is 100 cm³/mol. The molecule has 1 aromatic rings. The van der Waals surface area contributed by atoms with E-state index in [0.29, 0.717) is 12.5 Å². The highest BCUT2D eigenvalue weighted by Gasteiger charge is 2.20. The summed E-state index contributed by atoms with van der Waals surface area (Å²) in [7, 11) is -1.54. The molecule has 1 atom stereocenters. The van der Waals surface area contributed by atoms with Crippen molar-refractivity contribution in [1.29, 1.82) is 0 Å². The number of aliphatic hydroxyl groups is 1. The Morgan fingerprint density at radius 3 is 2.92 bits per heavy atom. The molecule has 0 aliphatic heterocycles. The van der Waals surface area contributed by atoms with E-state index in [4.69, 9.17) is 0 Å². The van der Waals surface area contributed by atoms with Crippen LogP contribution in [0.1, 0.15) is 19.8 Å². The van der Waals surface area contributed by atoms with Crippen LogP contribution in [0.5, 0.6) is 0 Å². The summed E-state index contributed by atoms with van der Waals surface area (Å²) in [5, 5.41) is 14.9. The normalized spacial score (nSPS) is 13.5. The van der Waals surface area contributed by atoms with Crippen LogP contribution in [0.15, 0.2) is 39.4 Å². The van der Waals surface area contributed by atoms with Crippen LogP contribution in [0, 0.1) is 0 Å². The van der Waals surface area contributed by atoms with Crippen molar-refractivity contribution in [2.75, 3.05) is 32.4 Å². The summed E-state index contributed by atoms with van der Waals surface area (Å²) in [6.45, 7) is 7.21. The van der Waals surface area contributed by atoms with Gasteiger partial charge in [-0.2, -0.15) is 0 Å². The van der Waals surface area contributed by atoms with E-state index in [9.17, 15) is 13.5 Å². The minimum Gasteiger partial charge on any atom is -0.390 e. The second-order valence-corrected chi connectivity index (χ2v) is 8.62. The molecule has 0 spiro atoms. The van der Waals surface area contributed by atoms with Gasteiger partial charge in [0, 0.05) is 20.1 Å². The zero-order valence-electron chi connectivity index (χ0n) is 14.3. The van der Waals surface area contributed by atoms with Crippen molar-refractivity contribution < 1.29 is 13.5 Å². The highest BCUT2D eigenvalue weighted by molar-refractivity contribution is 7.93. The van der Waals surface area contributed by atoms with Gasteiger partial charge in [-0.15, -0.1) is 17.9 Å². The van der Waals surface area contributed by atoms with Gasteiger partial charge in [0.2, 0.25) is 0 Å². The fourth-order valence-corrected chi connectivity index (χ4v) is 4.54. The molecule has 0 saturated heterocycles. The lowest BCUT2D eigenvalue weighted by molar-refractivity contribution is 0.205. The van der Waals surface area contributed by atoms with Crippen LogP contribution in [-0.2, 0) is 9.84 Å². The van der Waals surface area contributed by atoms with Crippen LogP contribution in [-0.4, -0.2) is 62.9 Å². The molecule has 1 unspecified atom stereocenters. The SMILES string of the molecule is C=CCCCN(C)C(=NCC(O)CS(=O)(=O)c1cccs1)NCC. The summed E-state index contributed by atoms with van der Waals surface area (Å²) >= 11 is 1.16. The number of guanidine groups is 1. The molecule has 2 N–H and O–H groups in total. The van der Waals surface area contributed by atoms with E-state index >= 15 is 0 Å². The Morgan fingerprint density at radius 1 is 1.58 bits per heavy atom. The molecule has 1 aromatic heterocycles. The standard InChI is InChI=1S/C16H27N3O3S2/c1-4-6-7-10-19(3)16(17-5-2)18-12-14(20)13-24(21,22)15-9-8-11-23-15/h4,8-9,11,14,20H,1,5-7,10,12-13H2,2-3H3,(H,17,18). The maximum atomic E-state index is 12.1. The van der Waals surface area contributed by atoms with Gasteiger partial charge in [-0.3, -0.25) is 4.99 Å². The molecule has 1 rings (SSSR count). The summed E-state index contributed by atoms with van der Waals surface area (Å²) in [6.07, 6.45) is 2.72. The molecule has 0 radical (unpaired) electrons. The largest absolute Gasteiger partial charge is 0.390 e. The highest BCUT2D eigenvalue weighted by atomic mass is 32.2. The maximum absolute atomic E-state index is 12.1. The third kappa shape index (κ3) is 7.02. The number of sulfone groups is 1. The van der Waals surface area contributed by atoms with Crippen molar-refractivity contribution in [2.45, 2.75) is 30.1 Å². The van der Waals surface area contributed by atoms with Gasteiger partial charge in [0.05, 0.1) is 18.4 Å². The molecule has 8 heteroatoms. The van der Waals surface area contributed by atoms with Crippen molar-refractivity contribution in [2.24, 2.45) is 4.99 Å². The van der Waals surface area contributed by atoms with Gasteiger partial charge in [-0.05, 0) is 31.2 Å².